The van der Waals surface area contributed by atoms with Gasteiger partial charge in [-0.2, -0.15) is 15.1 Å². The lowest BCUT2D eigenvalue weighted by molar-refractivity contribution is 0.311. The summed E-state index contributed by atoms with van der Waals surface area (Å²) in [5, 5.41) is 6.12. The smallest absolute Gasteiger partial charge is 0.229 e. The molecule has 2 aliphatic rings. The van der Waals surface area contributed by atoms with Crippen molar-refractivity contribution >= 4 is 22.8 Å². The second-order valence-corrected chi connectivity index (χ2v) is 9.45. The molecule has 0 spiro atoms. The van der Waals surface area contributed by atoms with Crippen LogP contribution < -0.4 is 14.5 Å². The minimum atomic E-state index is 0.703. The molecule has 0 atom stereocenters. The minimum Gasteiger partial charge on any atom is -0.497 e. The van der Waals surface area contributed by atoms with Crippen LogP contribution in [-0.2, 0) is 19.5 Å². The van der Waals surface area contributed by atoms with Crippen molar-refractivity contribution in [3.63, 3.8) is 0 Å². The highest BCUT2D eigenvalue weighted by Crippen LogP contribution is 2.35. The van der Waals surface area contributed by atoms with Crippen LogP contribution in [0.25, 0.3) is 11.0 Å². The van der Waals surface area contributed by atoms with Gasteiger partial charge in [-0.25, -0.2) is 4.68 Å². The van der Waals surface area contributed by atoms with Gasteiger partial charge >= 0.3 is 0 Å². The third-order valence-corrected chi connectivity index (χ3v) is 7.05. The Balaban J connectivity index is 1.41. The molecule has 8 heteroatoms. The van der Waals surface area contributed by atoms with Crippen LogP contribution in [0.15, 0.2) is 54.6 Å². The SMILES string of the molecule is COc1ccc(CN2CCc3nn(Cc4ccccc4)c4nc(N5CCN(C)CC5)nc2c34)cc1. The van der Waals surface area contributed by atoms with Crippen molar-refractivity contribution < 1.29 is 4.74 Å². The van der Waals surface area contributed by atoms with Crippen LogP contribution in [0, 0.1) is 0 Å². The number of hydrogen-bond acceptors (Lipinski definition) is 7. The van der Waals surface area contributed by atoms with Gasteiger partial charge in [-0.15, -0.1) is 0 Å². The molecule has 180 valence electrons. The molecule has 4 aromatic rings. The first-order valence-corrected chi connectivity index (χ1v) is 12.3. The summed E-state index contributed by atoms with van der Waals surface area (Å²) in [4.78, 5) is 17.3. The Labute approximate surface area is 205 Å². The van der Waals surface area contributed by atoms with Crippen molar-refractivity contribution in [3.05, 3.63) is 71.4 Å². The van der Waals surface area contributed by atoms with Crippen LogP contribution in [0.3, 0.4) is 0 Å². The summed E-state index contributed by atoms with van der Waals surface area (Å²) < 4.78 is 7.41. The summed E-state index contributed by atoms with van der Waals surface area (Å²) in [5.74, 6) is 2.68. The number of anilines is 2. The van der Waals surface area contributed by atoms with Crippen LogP contribution in [0.1, 0.15) is 16.8 Å². The Morgan fingerprint density at radius 1 is 0.829 bits per heavy atom. The van der Waals surface area contributed by atoms with Crippen molar-refractivity contribution in [1.29, 1.82) is 0 Å². The predicted molar refractivity (Wildman–Crippen MR) is 138 cm³/mol. The fourth-order valence-corrected chi connectivity index (χ4v) is 4.98. The van der Waals surface area contributed by atoms with Gasteiger partial charge in [0.25, 0.3) is 0 Å². The molecule has 2 aromatic heterocycles. The van der Waals surface area contributed by atoms with E-state index in [0.717, 1.165) is 79.9 Å². The summed E-state index contributed by atoms with van der Waals surface area (Å²) >= 11 is 0. The zero-order valence-corrected chi connectivity index (χ0v) is 20.4. The largest absolute Gasteiger partial charge is 0.497 e. The van der Waals surface area contributed by atoms with Gasteiger partial charge < -0.3 is 19.4 Å². The number of aromatic nitrogens is 4. The molecule has 0 aliphatic carbocycles. The maximum atomic E-state index is 5.34. The van der Waals surface area contributed by atoms with E-state index in [4.69, 9.17) is 19.8 Å². The third kappa shape index (κ3) is 4.30. The molecular formula is C27H31N7O. The van der Waals surface area contributed by atoms with Gasteiger partial charge in [0, 0.05) is 45.7 Å². The van der Waals surface area contributed by atoms with Crippen LogP contribution in [0.4, 0.5) is 11.8 Å². The van der Waals surface area contributed by atoms with Crippen LogP contribution in [0.2, 0.25) is 0 Å². The van der Waals surface area contributed by atoms with Crippen LogP contribution >= 0.6 is 0 Å². The van der Waals surface area contributed by atoms with Gasteiger partial charge in [-0.3, -0.25) is 0 Å². The van der Waals surface area contributed by atoms with E-state index in [0.29, 0.717) is 6.54 Å². The molecule has 0 N–H and O–H groups in total. The predicted octanol–water partition coefficient (Wildman–Crippen LogP) is 3.20. The third-order valence-electron chi connectivity index (χ3n) is 7.05. The van der Waals surface area contributed by atoms with Gasteiger partial charge in [0.1, 0.15) is 11.6 Å². The fourth-order valence-electron chi connectivity index (χ4n) is 4.98. The topological polar surface area (TPSA) is 62.6 Å². The van der Waals surface area contributed by atoms with E-state index >= 15 is 0 Å². The van der Waals surface area contributed by atoms with E-state index in [9.17, 15) is 0 Å². The Bertz CT molecular complexity index is 1310. The maximum absolute atomic E-state index is 5.34. The number of rotatable bonds is 6. The first kappa shape index (κ1) is 21.9. The first-order valence-electron chi connectivity index (χ1n) is 12.3. The Morgan fingerprint density at radius 2 is 1.57 bits per heavy atom. The zero-order chi connectivity index (χ0) is 23.8. The molecule has 1 fully saturated rings. The Hall–Kier alpha value is -3.65. The number of ether oxygens (including phenoxy) is 1. The summed E-state index contributed by atoms with van der Waals surface area (Å²) in [5.41, 5.74) is 4.49. The van der Waals surface area contributed by atoms with E-state index in [1.807, 2.05) is 18.2 Å². The zero-order valence-electron chi connectivity index (χ0n) is 20.4. The average Bonchev–Trinajstić information content (AvgIpc) is 3.25. The number of benzene rings is 2. The highest BCUT2D eigenvalue weighted by Gasteiger charge is 2.28. The van der Waals surface area contributed by atoms with Gasteiger partial charge in [-0.1, -0.05) is 42.5 Å². The molecule has 4 heterocycles. The maximum Gasteiger partial charge on any atom is 0.229 e. The molecule has 6 rings (SSSR count). The lowest BCUT2D eigenvalue weighted by Gasteiger charge is -2.34. The summed E-state index contributed by atoms with van der Waals surface area (Å²) in [7, 11) is 3.87. The molecule has 0 radical (unpaired) electrons. The van der Waals surface area contributed by atoms with Gasteiger partial charge in [-0.05, 0) is 30.3 Å². The summed E-state index contributed by atoms with van der Waals surface area (Å²) in [6.07, 6.45) is 0.888. The monoisotopic (exact) mass is 469 g/mol. The minimum absolute atomic E-state index is 0.703. The molecule has 0 saturated carbocycles. The van der Waals surface area contributed by atoms with Crippen molar-refractivity contribution in [2.24, 2.45) is 0 Å². The van der Waals surface area contributed by atoms with Crippen LogP contribution in [-0.4, -0.2) is 71.5 Å². The number of nitrogens with zero attached hydrogens (tertiary/aromatic N) is 7. The van der Waals surface area contributed by atoms with Crippen molar-refractivity contribution in [1.82, 2.24) is 24.6 Å². The average molecular weight is 470 g/mol. The van der Waals surface area contributed by atoms with Crippen molar-refractivity contribution in [3.8, 4) is 5.75 Å². The van der Waals surface area contributed by atoms with Crippen molar-refractivity contribution in [2.45, 2.75) is 19.5 Å². The quantitative estimate of drug-likeness (QED) is 0.430. The summed E-state index contributed by atoms with van der Waals surface area (Å²) in [6, 6.07) is 18.8. The summed E-state index contributed by atoms with van der Waals surface area (Å²) in [6.45, 7) is 6.27. The van der Waals surface area contributed by atoms with E-state index in [-0.39, 0.29) is 0 Å². The number of hydrogen-bond donors (Lipinski definition) is 0. The Morgan fingerprint density at radius 3 is 2.31 bits per heavy atom. The van der Waals surface area contributed by atoms with E-state index in [1.54, 1.807) is 7.11 Å². The molecule has 0 amide bonds. The molecule has 0 unspecified atom stereocenters. The number of methoxy groups -OCH3 is 1. The molecule has 1 saturated heterocycles. The second-order valence-electron chi connectivity index (χ2n) is 9.45. The van der Waals surface area contributed by atoms with E-state index in [1.165, 1.54) is 11.1 Å². The first-order chi connectivity index (χ1) is 17.2. The normalized spacial score (nSPS) is 16.2. The molecular weight excluding hydrogens is 438 g/mol. The van der Waals surface area contributed by atoms with E-state index < -0.39 is 0 Å². The molecule has 2 aromatic carbocycles. The molecule has 2 aliphatic heterocycles. The Kier molecular flexibility index (Phi) is 5.74. The molecule has 35 heavy (non-hydrogen) atoms. The highest BCUT2D eigenvalue weighted by atomic mass is 16.5. The van der Waals surface area contributed by atoms with Gasteiger partial charge in [0.15, 0.2) is 5.65 Å². The van der Waals surface area contributed by atoms with Gasteiger partial charge in [0.2, 0.25) is 5.95 Å². The molecule has 8 nitrogen and oxygen atoms in total. The van der Waals surface area contributed by atoms with E-state index in [2.05, 4.69) is 62.8 Å². The number of likely N-dealkylation sites (N-methyl/N-ethyl adjacent to an activating group) is 1. The molecule has 0 bridgehead atoms. The standard InChI is InChI=1S/C27H31N7O/c1-31-14-16-32(17-15-31)27-28-25-24-23(12-13-33(25)18-21-8-10-22(35-2)11-9-21)30-34(26(24)29-27)19-20-6-4-3-5-7-20/h3-11H,12-19H2,1-2H3. The highest BCUT2D eigenvalue weighted by molar-refractivity contribution is 5.92. The van der Waals surface area contributed by atoms with Crippen molar-refractivity contribution in [2.75, 3.05) is 56.7 Å². The number of piperazine rings is 1. The van der Waals surface area contributed by atoms with Crippen LogP contribution in [0.5, 0.6) is 5.75 Å². The fraction of sp³-hybridized carbons (Fsp3) is 0.370. The lowest BCUT2D eigenvalue weighted by Crippen LogP contribution is -2.45. The van der Waals surface area contributed by atoms with Gasteiger partial charge in [0.05, 0.1) is 24.7 Å². The second kappa shape index (κ2) is 9.19. The lowest BCUT2D eigenvalue weighted by atomic mass is 10.1.